The zero-order chi connectivity index (χ0) is 44.4. The molecule has 1 atom stereocenters. The van der Waals surface area contributed by atoms with Crippen molar-refractivity contribution in [3.63, 3.8) is 0 Å². The van der Waals surface area contributed by atoms with E-state index >= 15 is 0 Å². The number of hydrogen-bond acceptors (Lipinski definition) is 3. The van der Waals surface area contributed by atoms with Gasteiger partial charge in [-0.1, -0.05) is 189 Å². The van der Waals surface area contributed by atoms with Gasteiger partial charge in [0.1, 0.15) is 5.58 Å². The number of hydrogen-bond donors (Lipinski definition) is 0. The Morgan fingerprint density at radius 1 is 0.448 bits per heavy atom. The average molecular weight is 858 g/mol. The maximum Gasteiger partial charge on any atom is 0.160 e. The lowest BCUT2D eigenvalue weighted by atomic mass is 9.92. The highest BCUT2D eigenvalue weighted by Gasteiger charge is 2.25. The van der Waals surface area contributed by atoms with E-state index in [1.54, 1.807) is 0 Å². The molecule has 4 nitrogen and oxygen atoms in total. The minimum Gasteiger partial charge on any atom is -0.454 e. The number of aromatic nitrogens is 1. The average Bonchev–Trinajstić information content (AvgIpc) is 3.94. The molecule has 1 aliphatic heterocycles. The first-order valence-electron chi connectivity index (χ1n) is 23.1. The summed E-state index contributed by atoms with van der Waals surface area (Å²) in [7, 11) is 0. The number of allylic oxidation sites excluding steroid dienone is 1. The highest BCUT2D eigenvalue weighted by Crippen LogP contribution is 2.43. The van der Waals surface area contributed by atoms with Crippen molar-refractivity contribution in [2.75, 3.05) is 0 Å². The van der Waals surface area contributed by atoms with Crippen LogP contribution in [0.25, 0.3) is 98.9 Å². The van der Waals surface area contributed by atoms with Gasteiger partial charge in [0.2, 0.25) is 0 Å². The number of para-hydroxylation sites is 1. The summed E-state index contributed by atoms with van der Waals surface area (Å²) in [6.45, 7) is 2.28. The molecule has 10 aromatic carbocycles. The Kier molecular flexibility index (Phi) is 9.17. The Morgan fingerprint density at radius 3 is 1.87 bits per heavy atom. The van der Waals surface area contributed by atoms with Crippen molar-refractivity contribution >= 4 is 82.5 Å². The molecule has 12 aromatic rings. The van der Waals surface area contributed by atoms with E-state index in [-0.39, 0.29) is 5.92 Å². The highest BCUT2D eigenvalue weighted by atomic mass is 16.3. The molecule has 0 bridgehead atoms. The van der Waals surface area contributed by atoms with E-state index in [0.717, 1.165) is 78.7 Å². The summed E-state index contributed by atoms with van der Waals surface area (Å²) in [5.41, 5.74) is 14.4. The van der Waals surface area contributed by atoms with Crippen LogP contribution in [-0.4, -0.2) is 16.1 Å². The van der Waals surface area contributed by atoms with E-state index in [1.807, 2.05) is 6.07 Å². The molecule has 0 amide bonds. The van der Waals surface area contributed by atoms with Crippen LogP contribution in [0.1, 0.15) is 30.0 Å². The van der Waals surface area contributed by atoms with Gasteiger partial charge in [-0.15, -0.1) is 0 Å². The molecule has 67 heavy (non-hydrogen) atoms. The largest absolute Gasteiger partial charge is 0.454 e. The molecule has 13 rings (SSSR count). The number of rotatable bonds is 6. The van der Waals surface area contributed by atoms with Gasteiger partial charge in [0.25, 0.3) is 0 Å². The summed E-state index contributed by atoms with van der Waals surface area (Å²) in [6, 6.07) is 78.1. The number of furan rings is 1. The maximum atomic E-state index is 7.09. The second-order valence-corrected chi connectivity index (χ2v) is 17.7. The topological polar surface area (TPSA) is 42.8 Å². The van der Waals surface area contributed by atoms with Crippen LogP contribution in [-0.2, 0) is 0 Å². The number of nitrogens with zero attached hydrogens (tertiary/aromatic N) is 3. The Hall–Kier alpha value is -8.60. The van der Waals surface area contributed by atoms with Crippen LogP contribution in [0.4, 0.5) is 0 Å². The standard InChI is InChI=1S/C63H43N3O/c1-40-27-34-54(49-23-14-22-46(37-49)42-17-6-3-7-18-42)64-63(65-61(40)45-30-28-43(29-31-45)41-15-4-2-5-16-41)52-33-36-56(62-60(52)51-25-12-13-26-58(51)67-62)66-55-35-32-44-19-10-11-24-50(44)59(55)53-38-47-20-8-9-21-48(47)39-57(53)66/h2-26,28-40H,27H2,1H3/b54-34+,64-63-,65-61+. The summed E-state index contributed by atoms with van der Waals surface area (Å²) in [5.74, 6) is 0.742. The van der Waals surface area contributed by atoms with Gasteiger partial charge in [0.05, 0.1) is 28.1 Å². The Morgan fingerprint density at radius 2 is 1.07 bits per heavy atom. The summed E-state index contributed by atoms with van der Waals surface area (Å²) >= 11 is 0. The van der Waals surface area contributed by atoms with Crippen molar-refractivity contribution in [1.29, 1.82) is 0 Å². The molecule has 1 unspecified atom stereocenters. The van der Waals surface area contributed by atoms with Gasteiger partial charge >= 0.3 is 0 Å². The lowest BCUT2D eigenvalue weighted by Crippen LogP contribution is -2.17. The zero-order valence-electron chi connectivity index (χ0n) is 36.9. The number of fused-ring (bicyclic) bond motifs is 9. The van der Waals surface area contributed by atoms with Crippen molar-refractivity contribution in [1.82, 2.24) is 4.57 Å². The van der Waals surface area contributed by atoms with Crippen LogP contribution in [0.3, 0.4) is 0 Å². The van der Waals surface area contributed by atoms with Crippen LogP contribution in [0, 0.1) is 5.92 Å². The summed E-state index contributed by atoms with van der Waals surface area (Å²) in [6.07, 6.45) is 3.08. The maximum absolute atomic E-state index is 7.09. The normalized spacial score (nSPS) is 16.7. The fourth-order valence-corrected chi connectivity index (χ4v) is 10.3. The quantitative estimate of drug-likeness (QED) is 0.164. The van der Waals surface area contributed by atoms with Crippen LogP contribution >= 0.6 is 0 Å². The van der Waals surface area contributed by atoms with Crippen molar-refractivity contribution in [3.8, 4) is 27.9 Å². The molecular weight excluding hydrogens is 815 g/mol. The molecule has 316 valence electrons. The third kappa shape index (κ3) is 6.60. The van der Waals surface area contributed by atoms with Gasteiger partial charge in [-0.05, 0) is 98.2 Å². The van der Waals surface area contributed by atoms with Crippen molar-refractivity contribution in [2.45, 2.75) is 13.3 Å². The van der Waals surface area contributed by atoms with Crippen molar-refractivity contribution in [2.24, 2.45) is 15.9 Å². The molecule has 0 saturated carbocycles. The van der Waals surface area contributed by atoms with Gasteiger partial charge in [-0.2, -0.15) is 0 Å². The highest BCUT2D eigenvalue weighted by molar-refractivity contribution is 6.26. The molecule has 0 radical (unpaired) electrons. The smallest absolute Gasteiger partial charge is 0.160 e. The number of amidine groups is 1. The van der Waals surface area contributed by atoms with Crippen LogP contribution in [0.5, 0.6) is 0 Å². The first-order chi connectivity index (χ1) is 33.1. The molecule has 0 fully saturated rings. The fraction of sp³-hybridized carbons (Fsp3) is 0.0476. The summed E-state index contributed by atoms with van der Waals surface area (Å²) in [5, 5.41) is 9.27. The molecule has 0 N–H and O–H groups in total. The molecular formula is C63H43N3O. The Bertz CT molecular complexity index is 4000. The summed E-state index contributed by atoms with van der Waals surface area (Å²) < 4.78 is 9.50. The second kappa shape index (κ2) is 15.8. The van der Waals surface area contributed by atoms with Gasteiger partial charge in [-0.25, -0.2) is 9.98 Å². The van der Waals surface area contributed by atoms with Crippen molar-refractivity contribution < 1.29 is 4.42 Å². The van der Waals surface area contributed by atoms with E-state index in [2.05, 4.69) is 230 Å². The fourth-order valence-electron chi connectivity index (χ4n) is 10.3. The number of aliphatic imine (C=N–C) groups is 2. The molecule has 2 aromatic heterocycles. The first kappa shape index (κ1) is 38.8. The van der Waals surface area contributed by atoms with Crippen LogP contribution < -0.4 is 0 Å². The number of benzene rings is 10. The van der Waals surface area contributed by atoms with Gasteiger partial charge in [-0.3, -0.25) is 0 Å². The minimum absolute atomic E-state index is 0.0958. The van der Waals surface area contributed by atoms with E-state index in [1.165, 1.54) is 49.0 Å². The molecule has 3 heterocycles. The van der Waals surface area contributed by atoms with Gasteiger partial charge < -0.3 is 8.98 Å². The van der Waals surface area contributed by atoms with E-state index in [9.17, 15) is 0 Å². The monoisotopic (exact) mass is 857 g/mol. The Labute approximate surface area is 388 Å². The summed E-state index contributed by atoms with van der Waals surface area (Å²) in [4.78, 5) is 11.3. The Balaban J connectivity index is 1.07. The molecule has 1 aliphatic rings. The third-order valence-electron chi connectivity index (χ3n) is 13.6. The van der Waals surface area contributed by atoms with Gasteiger partial charge in [0, 0.05) is 38.6 Å². The molecule has 0 spiro atoms. The van der Waals surface area contributed by atoms with Crippen molar-refractivity contribution in [3.05, 3.63) is 241 Å². The SMILES string of the molecule is CC1C/C=C(c2cccc(-c3ccccc3)c2)/N=C(c2ccc(-n3c4cc5ccccc5cc4c4c5ccccc5ccc43)c3oc4ccccc4c23)\N=C/1c1ccc(-c2ccccc2)cc1. The van der Waals surface area contributed by atoms with E-state index < -0.39 is 0 Å². The third-order valence-corrected chi connectivity index (χ3v) is 13.6. The molecule has 4 heteroatoms. The van der Waals surface area contributed by atoms with Crippen LogP contribution in [0.2, 0.25) is 0 Å². The van der Waals surface area contributed by atoms with Gasteiger partial charge in [0.15, 0.2) is 11.4 Å². The van der Waals surface area contributed by atoms with E-state index in [0.29, 0.717) is 5.84 Å². The molecule has 0 aliphatic carbocycles. The predicted octanol–water partition coefficient (Wildman–Crippen LogP) is 16.6. The predicted molar refractivity (Wildman–Crippen MR) is 282 cm³/mol. The first-order valence-corrected chi connectivity index (χ1v) is 23.1. The van der Waals surface area contributed by atoms with Crippen LogP contribution in [0.15, 0.2) is 239 Å². The second-order valence-electron chi connectivity index (χ2n) is 17.7. The lowest BCUT2D eigenvalue weighted by molar-refractivity contribution is 0.666. The lowest BCUT2D eigenvalue weighted by Gasteiger charge is -2.19. The molecule has 0 saturated heterocycles. The minimum atomic E-state index is 0.0958. The van der Waals surface area contributed by atoms with E-state index in [4.69, 9.17) is 14.4 Å². The zero-order valence-corrected chi connectivity index (χ0v) is 36.9.